The fraction of sp³-hybridized carbons (Fsp3) is 0.611. The zero-order valence-electron chi connectivity index (χ0n) is 16.6. The number of ether oxygens (including phenoxy) is 2. The number of nitrogens with one attached hydrogen (secondary N) is 3. The molecule has 0 aliphatic heterocycles. The summed E-state index contributed by atoms with van der Waals surface area (Å²) in [6.07, 6.45) is 0.786. The Morgan fingerprint density at radius 1 is 1.07 bits per heavy atom. The summed E-state index contributed by atoms with van der Waals surface area (Å²) in [5.41, 5.74) is 0.375. The topological polar surface area (TPSA) is 98.2 Å². The van der Waals surface area contributed by atoms with E-state index in [0.717, 1.165) is 26.1 Å². The molecule has 0 aliphatic carbocycles. The number of quaternary nitrogens is 1. The molecule has 0 radical (unpaired) electrons. The van der Waals surface area contributed by atoms with E-state index < -0.39 is 10.0 Å². The summed E-state index contributed by atoms with van der Waals surface area (Å²) in [5.74, 6) is 0.433. The van der Waals surface area contributed by atoms with Gasteiger partial charge < -0.3 is 19.7 Å². The molecular formula is C18H32N3O5S+. The predicted octanol–water partition coefficient (Wildman–Crippen LogP) is -0.332. The van der Waals surface area contributed by atoms with Crippen molar-refractivity contribution in [1.82, 2.24) is 10.0 Å². The zero-order valence-corrected chi connectivity index (χ0v) is 17.4. The normalized spacial score (nSPS) is 11.4. The Balaban J connectivity index is 2.41. The van der Waals surface area contributed by atoms with Crippen LogP contribution < -0.4 is 24.4 Å². The summed E-state index contributed by atoms with van der Waals surface area (Å²) in [6, 6.07) is 4.78. The van der Waals surface area contributed by atoms with Crippen LogP contribution in [0.3, 0.4) is 0 Å². The van der Waals surface area contributed by atoms with Gasteiger partial charge in [0.25, 0.3) is 5.91 Å². The second kappa shape index (κ2) is 11.8. The van der Waals surface area contributed by atoms with E-state index in [-0.39, 0.29) is 18.2 Å². The molecule has 154 valence electrons. The number of hydrogen-bond donors (Lipinski definition) is 3. The van der Waals surface area contributed by atoms with Crippen molar-refractivity contribution in [2.24, 2.45) is 0 Å². The first-order valence-corrected chi connectivity index (χ1v) is 10.8. The maximum atomic E-state index is 12.2. The molecule has 0 aliphatic rings. The van der Waals surface area contributed by atoms with Gasteiger partial charge in [-0.05, 0) is 32.0 Å². The molecule has 0 saturated heterocycles. The van der Waals surface area contributed by atoms with Crippen LogP contribution in [0.25, 0.3) is 0 Å². The molecule has 9 heteroatoms. The SMILES string of the molecule is CC[NH+](CC)CCCNS(=O)(=O)CCNC(=O)c1ccc(OC)c(OC)c1. The van der Waals surface area contributed by atoms with Gasteiger partial charge in [-0.15, -0.1) is 0 Å². The number of methoxy groups -OCH3 is 2. The average molecular weight is 403 g/mol. The summed E-state index contributed by atoms with van der Waals surface area (Å²) in [6.45, 7) is 7.68. The minimum atomic E-state index is -3.41. The van der Waals surface area contributed by atoms with Gasteiger partial charge in [-0.1, -0.05) is 0 Å². The molecule has 1 amide bonds. The molecule has 1 aromatic carbocycles. The Labute approximate surface area is 162 Å². The first-order valence-electron chi connectivity index (χ1n) is 9.18. The molecule has 27 heavy (non-hydrogen) atoms. The van der Waals surface area contributed by atoms with Crippen molar-refractivity contribution in [3.63, 3.8) is 0 Å². The third kappa shape index (κ3) is 8.15. The van der Waals surface area contributed by atoms with Crippen LogP contribution in [0.15, 0.2) is 18.2 Å². The molecule has 0 unspecified atom stereocenters. The van der Waals surface area contributed by atoms with Crippen LogP contribution in [-0.2, 0) is 10.0 Å². The predicted molar refractivity (Wildman–Crippen MR) is 105 cm³/mol. The van der Waals surface area contributed by atoms with Crippen LogP contribution in [0, 0.1) is 0 Å². The highest BCUT2D eigenvalue weighted by atomic mass is 32.2. The minimum Gasteiger partial charge on any atom is -0.493 e. The van der Waals surface area contributed by atoms with E-state index in [9.17, 15) is 13.2 Å². The van der Waals surface area contributed by atoms with Crippen molar-refractivity contribution in [2.45, 2.75) is 20.3 Å². The second-order valence-corrected chi connectivity index (χ2v) is 8.03. The van der Waals surface area contributed by atoms with Crippen LogP contribution in [0.2, 0.25) is 0 Å². The molecule has 1 aromatic rings. The summed E-state index contributed by atoms with van der Waals surface area (Å²) < 4.78 is 36.9. The fourth-order valence-corrected chi connectivity index (χ4v) is 3.59. The molecule has 0 heterocycles. The van der Waals surface area contributed by atoms with Crippen molar-refractivity contribution in [2.75, 3.05) is 52.7 Å². The van der Waals surface area contributed by atoms with Crippen LogP contribution >= 0.6 is 0 Å². The van der Waals surface area contributed by atoms with E-state index in [1.54, 1.807) is 18.2 Å². The maximum Gasteiger partial charge on any atom is 0.251 e. The van der Waals surface area contributed by atoms with E-state index in [0.29, 0.717) is 23.6 Å². The van der Waals surface area contributed by atoms with Gasteiger partial charge in [0.1, 0.15) is 0 Å². The molecule has 0 bridgehead atoms. The molecule has 0 atom stereocenters. The Hall–Kier alpha value is -1.84. The van der Waals surface area contributed by atoms with Crippen molar-refractivity contribution in [1.29, 1.82) is 0 Å². The van der Waals surface area contributed by atoms with Gasteiger partial charge in [0.2, 0.25) is 10.0 Å². The Kier molecular flexibility index (Phi) is 10.1. The molecule has 0 aromatic heterocycles. The van der Waals surface area contributed by atoms with Gasteiger partial charge >= 0.3 is 0 Å². The maximum absolute atomic E-state index is 12.2. The number of carbonyl (C=O) groups excluding carboxylic acids is 1. The van der Waals surface area contributed by atoms with Gasteiger partial charge in [0.05, 0.1) is 39.6 Å². The highest BCUT2D eigenvalue weighted by Gasteiger charge is 2.13. The van der Waals surface area contributed by atoms with E-state index in [2.05, 4.69) is 23.9 Å². The smallest absolute Gasteiger partial charge is 0.251 e. The van der Waals surface area contributed by atoms with E-state index >= 15 is 0 Å². The van der Waals surface area contributed by atoms with Crippen molar-refractivity contribution in [3.05, 3.63) is 23.8 Å². The van der Waals surface area contributed by atoms with Gasteiger partial charge in [-0.3, -0.25) is 4.79 Å². The van der Waals surface area contributed by atoms with Gasteiger partial charge in [0, 0.05) is 25.1 Å². The quantitative estimate of drug-likeness (QED) is 0.393. The van der Waals surface area contributed by atoms with Gasteiger partial charge in [0.15, 0.2) is 11.5 Å². The largest absolute Gasteiger partial charge is 0.493 e. The monoisotopic (exact) mass is 402 g/mol. The zero-order chi connectivity index (χ0) is 20.3. The lowest BCUT2D eigenvalue weighted by Gasteiger charge is -2.15. The molecule has 1 rings (SSSR count). The lowest BCUT2D eigenvalue weighted by atomic mass is 10.2. The van der Waals surface area contributed by atoms with Crippen LogP contribution in [-0.4, -0.2) is 67.0 Å². The van der Waals surface area contributed by atoms with Crippen molar-refractivity contribution < 1.29 is 27.6 Å². The Morgan fingerprint density at radius 3 is 2.33 bits per heavy atom. The van der Waals surface area contributed by atoms with E-state index in [1.807, 2.05) is 0 Å². The summed E-state index contributed by atoms with van der Waals surface area (Å²) in [4.78, 5) is 13.6. The molecule has 3 N–H and O–H groups in total. The van der Waals surface area contributed by atoms with Crippen LogP contribution in [0.5, 0.6) is 11.5 Å². The highest BCUT2D eigenvalue weighted by Crippen LogP contribution is 2.27. The lowest BCUT2D eigenvalue weighted by Crippen LogP contribution is -3.11. The van der Waals surface area contributed by atoms with Crippen molar-refractivity contribution >= 4 is 15.9 Å². The molecule has 0 fully saturated rings. The second-order valence-electron chi connectivity index (χ2n) is 6.10. The summed E-state index contributed by atoms with van der Waals surface area (Å²) in [5, 5.41) is 2.61. The average Bonchev–Trinajstić information content (AvgIpc) is 2.67. The molecule has 0 saturated carbocycles. The number of benzene rings is 1. The number of carbonyl (C=O) groups is 1. The van der Waals surface area contributed by atoms with E-state index in [1.165, 1.54) is 19.1 Å². The number of amides is 1. The summed E-state index contributed by atoms with van der Waals surface area (Å²) in [7, 11) is -0.415. The van der Waals surface area contributed by atoms with Gasteiger partial charge in [-0.2, -0.15) is 0 Å². The molecule has 8 nitrogen and oxygen atoms in total. The Bertz CT molecular complexity index is 690. The first kappa shape index (κ1) is 23.2. The highest BCUT2D eigenvalue weighted by molar-refractivity contribution is 7.89. The number of hydrogen-bond acceptors (Lipinski definition) is 5. The fourth-order valence-electron chi connectivity index (χ4n) is 2.62. The number of rotatable bonds is 13. The third-order valence-electron chi connectivity index (χ3n) is 4.33. The molecule has 0 spiro atoms. The number of sulfonamides is 1. The molecular weight excluding hydrogens is 370 g/mol. The van der Waals surface area contributed by atoms with Crippen molar-refractivity contribution in [3.8, 4) is 11.5 Å². The summed E-state index contributed by atoms with van der Waals surface area (Å²) >= 11 is 0. The Morgan fingerprint density at radius 2 is 1.74 bits per heavy atom. The van der Waals surface area contributed by atoms with Crippen LogP contribution in [0.1, 0.15) is 30.6 Å². The standard InChI is InChI=1S/C18H31N3O5S/c1-5-21(6-2)12-7-10-20-27(23,24)13-11-19-18(22)15-8-9-16(25-3)17(14-15)26-4/h8-9,14,20H,5-7,10-13H2,1-4H3,(H,19,22)/p+1. The lowest BCUT2D eigenvalue weighted by molar-refractivity contribution is -0.896. The van der Waals surface area contributed by atoms with Gasteiger partial charge in [-0.25, -0.2) is 13.1 Å². The van der Waals surface area contributed by atoms with E-state index in [4.69, 9.17) is 9.47 Å². The first-order chi connectivity index (χ1) is 12.9. The van der Waals surface area contributed by atoms with Crippen LogP contribution in [0.4, 0.5) is 0 Å². The minimum absolute atomic E-state index is 0.0316. The third-order valence-corrected chi connectivity index (χ3v) is 5.72.